The Morgan fingerprint density at radius 1 is 1.11 bits per heavy atom. The number of rotatable bonds is 3. The highest BCUT2D eigenvalue weighted by atomic mass is 16.2. The van der Waals surface area contributed by atoms with E-state index in [1.54, 1.807) is 0 Å². The normalized spacial score (nSPS) is 35.6. The van der Waals surface area contributed by atoms with Gasteiger partial charge < -0.3 is 10.2 Å². The van der Waals surface area contributed by atoms with Crippen molar-refractivity contribution in [3.05, 3.63) is 17.5 Å². The van der Waals surface area contributed by atoms with Crippen molar-refractivity contribution in [2.75, 3.05) is 26.2 Å². The predicted octanol–water partition coefficient (Wildman–Crippen LogP) is 2.52. The van der Waals surface area contributed by atoms with Crippen molar-refractivity contribution in [3.8, 4) is 0 Å². The van der Waals surface area contributed by atoms with Crippen molar-refractivity contribution in [1.29, 1.82) is 0 Å². The Balaban J connectivity index is 1.15. The Kier molecular flexibility index (Phi) is 4.22. The van der Waals surface area contributed by atoms with Crippen LogP contribution in [0.25, 0.3) is 0 Å². The standard InChI is InChI=1S/C21H33N5O/c1-15-19(13-24(2)23-15)14-25-3-5-26(6-4-25)20(27)22-21-10-16-7-17(11-21)9-18(8-16)12-21/h13,16-18H,3-12,14H2,1-2H3,(H,22,27). The summed E-state index contributed by atoms with van der Waals surface area (Å²) >= 11 is 0. The largest absolute Gasteiger partial charge is 0.333 e. The molecule has 4 aliphatic carbocycles. The Bertz CT molecular complexity index is 683. The van der Waals surface area contributed by atoms with E-state index in [0.29, 0.717) is 0 Å². The van der Waals surface area contributed by atoms with Gasteiger partial charge in [-0.3, -0.25) is 9.58 Å². The fourth-order valence-corrected chi connectivity index (χ4v) is 6.72. The molecule has 148 valence electrons. The van der Waals surface area contributed by atoms with Crippen molar-refractivity contribution >= 4 is 6.03 Å². The van der Waals surface area contributed by atoms with E-state index in [1.807, 2.05) is 16.6 Å². The van der Waals surface area contributed by atoms with E-state index in [-0.39, 0.29) is 11.6 Å². The van der Waals surface area contributed by atoms with Crippen LogP contribution in [0.3, 0.4) is 0 Å². The van der Waals surface area contributed by atoms with E-state index in [2.05, 4.69) is 28.4 Å². The van der Waals surface area contributed by atoms with Crippen molar-refractivity contribution < 1.29 is 4.79 Å². The molecule has 6 heteroatoms. The first-order chi connectivity index (χ1) is 13.0. The van der Waals surface area contributed by atoms with Gasteiger partial charge >= 0.3 is 6.03 Å². The lowest BCUT2D eigenvalue weighted by Gasteiger charge is -2.57. The number of amides is 2. The van der Waals surface area contributed by atoms with Gasteiger partial charge in [-0.1, -0.05) is 0 Å². The molecule has 0 radical (unpaired) electrons. The zero-order valence-electron chi connectivity index (χ0n) is 16.8. The van der Waals surface area contributed by atoms with Gasteiger partial charge in [0.1, 0.15) is 0 Å². The summed E-state index contributed by atoms with van der Waals surface area (Å²) in [5.74, 6) is 2.61. The molecule has 0 aromatic carbocycles. The minimum atomic E-state index is 0.121. The second kappa shape index (κ2) is 6.50. The van der Waals surface area contributed by atoms with Crippen molar-refractivity contribution in [2.24, 2.45) is 24.8 Å². The Hall–Kier alpha value is -1.56. The highest BCUT2D eigenvalue weighted by molar-refractivity contribution is 5.75. The van der Waals surface area contributed by atoms with Crippen LogP contribution in [-0.2, 0) is 13.6 Å². The average Bonchev–Trinajstić information content (AvgIpc) is 2.91. The van der Waals surface area contributed by atoms with Gasteiger partial charge in [-0.2, -0.15) is 5.10 Å². The third-order valence-electron chi connectivity index (χ3n) is 7.58. The van der Waals surface area contributed by atoms with E-state index in [0.717, 1.165) is 56.2 Å². The average molecular weight is 372 g/mol. The SMILES string of the molecule is Cc1nn(C)cc1CN1CCN(C(=O)NC23CC4CC(CC(C4)C2)C3)CC1. The van der Waals surface area contributed by atoms with Crippen molar-refractivity contribution in [2.45, 2.75) is 57.5 Å². The van der Waals surface area contributed by atoms with Crippen LogP contribution >= 0.6 is 0 Å². The minimum absolute atomic E-state index is 0.121. The number of carbonyl (C=O) groups excluding carboxylic acids is 1. The maximum Gasteiger partial charge on any atom is 0.317 e. The van der Waals surface area contributed by atoms with E-state index in [4.69, 9.17) is 0 Å². The monoisotopic (exact) mass is 371 g/mol. The number of nitrogens with one attached hydrogen (secondary N) is 1. The van der Waals surface area contributed by atoms with Gasteiger partial charge in [0.2, 0.25) is 0 Å². The molecule has 1 aromatic heterocycles. The number of carbonyl (C=O) groups is 1. The molecule has 0 unspecified atom stereocenters. The lowest BCUT2D eigenvalue weighted by atomic mass is 9.53. The van der Waals surface area contributed by atoms with Crippen LogP contribution in [0.1, 0.15) is 49.8 Å². The summed E-state index contributed by atoms with van der Waals surface area (Å²) in [5, 5.41) is 7.96. The number of hydrogen-bond donors (Lipinski definition) is 1. The summed E-state index contributed by atoms with van der Waals surface area (Å²) in [7, 11) is 1.98. The molecule has 0 spiro atoms. The molecule has 4 bridgehead atoms. The summed E-state index contributed by atoms with van der Waals surface area (Å²) in [5.41, 5.74) is 2.53. The van der Waals surface area contributed by atoms with Gasteiger partial charge in [0.05, 0.1) is 5.69 Å². The van der Waals surface area contributed by atoms with Crippen LogP contribution in [0, 0.1) is 24.7 Å². The van der Waals surface area contributed by atoms with Crippen LogP contribution in [0.2, 0.25) is 0 Å². The molecule has 1 saturated heterocycles. The van der Waals surface area contributed by atoms with E-state index in [9.17, 15) is 4.79 Å². The van der Waals surface area contributed by atoms with Gasteiger partial charge in [-0.05, 0) is 63.2 Å². The molecule has 1 aromatic rings. The topological polar surface area (TPSA) is 53.4 Å². The molecule has 27 heavy (non-hydrogen) atoms. The van der Waals surface area contributed by atoms with E-state index >= 15 is 0 Å². The first-order valence-electron chi connectivity index (χ1n) is 10.8. The van der Waals surface area contributed by atoms with Crippen LogP contribution in [0.15, 0.2) is 6.20 Å². The lowest BCUT2D eigenvalue weighted by Crippen LogP contribution is -2.63. The second-order valence-electron chi connectivity index (χ2n) is 9.80. The minimum Gasteiger partial charge on any atom is -0.333 e. The number of hydrogen-bond acceptors (Lipinski definition) is 3. The number of aromatic nitrogens is 2. The Labute approximate surface area is 162 Å². The molecule has 2 heterocycles. The quantitative estimate of drug-likeness (QED) is 0.888. The second-order valence-corrected chi connectivity index (χ2v) is 9.80. The number of urea groups is 1. The summed E-state index contributed by atoms with van der Waals surface area (Å²) < 4.78 is 1.89. The molecule has 0 atom stereocenters. The molecule has 5 aliphatic rings. The first-order valence-corrected chi connectivity index (χ1v) is 10.8. The molecule has 5 fully saturated rings. The summed E-state index contributed by atoms with van der Waals surface area (Å²) in [6.45, 7) is 6.56. The summed E-state index contributed by atoms with van der Waals surface area (Å²) in [4.78, 5) is 17.5. The molecule has 2 amide bonds. The maximum absolute atomic E-state index is 13.0. The zero-order chi connectivity index (χ0) is 18.6. The van der Waals surface area contributed by atoms with Gasteiger partial charge in [0.25, 0.3) is 0 Å². The molecular formula is C21H33N5O. The molecule has 6 nitrogen and oxygen atoms in total. The van der Waals surface area contributed by atoms with Crippen molar-refractivity contribution in [3.63, 3.8) is 0 Å². The van der Waals surface area contributed by atoms with Crippen molar-refractivity contribution in [1.82, 2.24) is 24.9 Å². The fraction of sp³-hybridized carbons (Fsp3) is 0.810. The molecule has 6 rings (SSSR count). The van der Waals surface area contributed by atoms with Gasteiger partial charge in [-0.25, -0.2) is 4.79 Å². The molecular weight excluding hydrogens is 338 g/mol. The van der Waals surface area contributed by atoms with Gasteiger partial charge in [-0.15, -0.1) is 0 Å². The zero-order valence-corrected chi connectivity index (χ0v) is 16.8. The fourth-order valence-electron chi connectivity index (χ4n) is 6.72. The predicted molar refractivity (Wildman–Crippen MR) is 104 cm³/mol. The highest BCUT2D eigenvalue weighted by Crippen LogP contribution is 2.55. The van der Waals surface area contributed by atoms with Crippen LogP contribution in [-0.4, -0.2) is 57.3 Å². The van der Waals surface area contributed by atoms with E-state index < -0.39 is 0 Å². The highest BCUT2D eigenvalue weighted by Gasteiger charge is 2.51. The number of aryl methyl sites for hydroxylation is 2. The summed E-state index contributed by atoms with van der Waals surface area (Å²) in [6, 6.07) is 0.189. The van der Waals surface area contributed by atoms with Crippen LogP contribution in [0.4, 0.5) is 4.79 Å². The molecule has 1 N–H and O–H groups in total. The van der Waals surface area contributed by atoms with Gasteiger partial charge in [0, 0.05) is 57.1 Å². The molecule has 1 aliphatic heterocycles. The van der Waals surface area contributed by atoms with Crippen LogP contribution in [0.5, 0.6) is 0 Å². The number of nitrogens with zero attached hydrogens (tertiary/aromatic N) is 4. The summed E-state index contributed by atoms with van der Waals surface area (Å²) in [6.07, 6.45) is 10.0. The Morgan fingerprint density at radius 3 is 2.22 bits per heavy atom. The van der Waals surface area contributed by atoms with E-state index in [1.165, 1.54) is 44.1 Å². The van der Waals surface area contributed by atoms with Gasteiger partial charge in [0.15, 0.2) is 0 Å². The third kappa shape index (κ3) is 3.37. The Morgan fingerprint density at radius 2 is 1.70 bits per heavy atom. The van der Waals surface area contributed by atoms with Crippen LogP contribution < -0.4 is 5.32 Å². The number of piperazine rings is 1. The smallest absolute Gasteiger partial charge is 0.317 e. The molecule has 4 saturated carbocycles. The lowest BCUT2D eigenvalue weighted by molar-refractivity contribution is -0.0165. The third-order valence-corrected chi connectivity index (χ3v) is 7.58. The maximum atomic E-state index is 13.0. The first kappa shape index (κ1) is 17.5.